The molecule has 0 spiro atoms. The maximum Gasteiger partial charge on any atom is 0.149 e. The molecular weight excluding hydrogens is 292 g/mol. The van der Waals surface area contributed by atoms with Gasteiger partial charge in [-0.15, -0.1) is 0 Å². The lowest BCUT2D eigenvalue weighted by Crippen LogP contribution is -2.09. The summed E-state index contributed by atoms with van der Waals surface area (Å²) in [6, 6.07) is 31.4. The maximum absolute atomic E-state index is 6.04. The van der Waals surface area contributed by atoms with Crippen LogP contribution in [0, 0.1) is 0 Å². The smallest absolute Gasteiger partial charge is 0.149 e. The van der Waals surface area contributed by atoms with Crippen LogP contribution in [0.4, 0.5) is 0 Å². The summed E-state index contributed by atoms with van der Waals surface area (Å²) in [5.74, 6) is 0. The Morgan fingerprint density at radius 2 is 1.12 bits per heavy atom. The summed E-state index contributed by atoms with van der Waals surface area (Å²) in [5.41, 5.74) is 5.97. The van der Waals surface area contributed by atoms with Gasteiger partial charge in [0.05, 0.1) is 6.26 Å². The molecule has 0 aromatic heterocycles. The highest BCUT2D eigenvalue weighted by Crippen LogP contribution is 2.42. The van der Waals surface area contributed by atoms with Gasteiger partial charge < -0.3 is 4.74 Å². The Bertz CT molecular complexity index is 862. The van der Waals surface area contributed by atoms with Crippen LogP contribution in [0.25, 0.3) is 11.1 Å². The summed E-state index contributed by atoms with van der Waals surface area (Å²) in [4.78, 5) is 0. The fourth-order valence-electron chi connectivity index (χ4n) is 3.15. The largest absolute Gasteiger partial charge is 0.489 e. The molecular formula is C23H18O. The highest BCUT2D eigenvalue weighted by Gasteiger charge is 2.25. The van der Waals surface area contributed by atoms with Crippen molar-refractivity contribution < 1.29 is 4.74 Å². The minimum Gasteiger partial charge on any atom is -0.489 e. The van der Waals surface area contributed by atoms with Gasteiger partial charge in [-0.25, -0.2) is 0 Å². The molecule has 24 heavy (non-hydrogen) atoms. The molecule has 1 nitrogen and oxygen atoms in total. The minimum absolute atomic E-state index is 0.103. The van der Waals surface area contributed by atoms with Crippen LogP contribution >= 0.6 is 0 Å². The molecule has 1 aliphatic heterocycles. The van der Waals surface area contributed by atoms with Crippen LogP contribution in [-0.2, 0) is 4.74 Å². The number of benzene rings is 3. The number of hydrogen-bond acceptors (Lipinski definition) is 1. The lowest BCUT2D eigenvalue weighted by molar-refractivity contribution is 0.196. The van der Waals surface area contributed by atoms with E-state index in [-0.39, 0.29) is 6.10 Å². The van der Waals surface area contributed by atoms with E-state index in [9.17, 15) is 0 Å². The van der Waals surface area contributed by atoms with Gasteiger partial charge in [0.15, 0.2) is 0 Å². The first kappa shape index (κ1) is 14.5. The van der Waals surface area contributed by atoms with Crippen LogP contribution in [-0.4, -0.2) is 0 Å². The molecule has 0 fully saturated rings. The van der Waals surface area contributed by atoms with Crippen LogP contribution in [0.2, 0.25) is 0 Å². The van der Waals surface area contributed by atoms with Gasteiger partial charge in [0.25, 0.3) is 0 Å². The van der Waals surface area contributed by atoms with Crippen molar-refractivity contribution in [1.29, 1.82) is 0 Å². The van der Waals surface area contributed by atoms with Crippen LogP contribution < -0.4 is 0 Å². The van der Waals surface area contributed by atoms with Crippen molar-refractivity contribution in [1.82, 2.24) is 0 Å². The summed E-state index contributed by atoms with van der Waals surface area (Å²) in [6.07, 6.45) is 3.78. The van der Waals surface area contributed by atoms with E-state index in [0.29, 0.717) is 0 Å². The highest BCUT2D eigenvalue weighted by atomic mass is 16.5. The van der Waals surface area contributed by atoms with Crippen LogP contribution in [0.15, 0.2) is 103 Å². The predicted molar refractivity (Wildman–Crippen MR) is 99.1 cm³/mol. The molecule has 0 N–H and O–H groups in total. The van der Waals surface area contributed by atoms with E-state index < -0.39 is 0 Å². The zero-order chi connectivity index (χ0) is 16.2. The van der Waals surface area contributed by atoms with Crippen molar-refractivity contribution in [3.63, 3.8) is 0 Å². The third-order valence-electron chi connectivity index (χ3n) is 4.27. The van der Waals surface area contributed by atoms with E-state index in [4.69, 9.17) is 4.74 Å². The Hall–Kier alpha value is -3.06. The average Bonchev–Trinajstić information content (AvgIpc) is 2.69. The van der Waals surface area contributed by atoms with Crippen LogP contribution in [0.3, 0.4) is 0 Å². The van der Waals surface area contributed by atoms with Gasteiger partial charge in [-0.1, -0.05) is 91.0 Å². The Kier molecular flexibility index (Phi) is 3.99. The first-order valence-corrected chi connectivity index (χ1v) is 8.15. The zero-order valence-corrected chi connectivity index (χ0v) is 13.3. The van der Waals surface area contributed by atoms with Gasteiger partial charge in [0.2, 0.25) is 0 Å². The second-order valence-corrected chi connectivity index (χ2v) is 5.79. The van der Waals surface area contributed by atoms with Gasteiger partial charge in [-0.2, -0.15) is 0 Å². The fourth-order valence-corrected chi connectivity index (χ4v) is 3.15. The van der Waals surface area contributed by atoms with E-state index in [0.717, 1.165) is 5.56 Å². The van der Waals surface area contributed by atoms with Gasteiger partial charge >= 0.3 is 0 Å². The normalized spacial score (nSPS) is 16.8. The number of ether oxygens (including phenoxy) is 1. The van der Waals surface area contributed by atoms with Gasteiger partial charge in [0, 0.05) is 5.57 Å². The Labute approximate surface area is 142 Å². The first-order chi connectivity index (χ1) is 11.9. The number of allylic oxidation sites excluding steroid dienone is 2. The molecule has 0 saturated heterocycles. The average molecular weight is 310 g/mol. The van der Waals surface area contributed by atoms with Gasteiger partial charge in [-0.3, -0.25) is 0 Å². The van der Waals surface area contributed by atoms with Crippen LogP contribution in [0.5, 0.6) is 0 Å². The SMILES string of the molecule is C1=CC(c2ccccc2)=C(c2ccccc2)C(c2ccccc2)O1. The van der Waals surface area contributed by atoms with E-state index in [1.165, 1.54) is 22.3 Å². The van der Waals surface area contributed by atoms with Crippen molar-refractivity contribution in [3.05, 3.63) is 120 Å². The van der Waals surface area contributed by atoms with E-state index in [1.807, 2.05) is 24.5 Å². The molecule has 0 amide bonds. The monoisotopic (exact) mass is 310 g/mol. The molecule has 1 heteroatoms. The third-order valence-corrected chi connectivity index (χ3v) is 4.27. The standard InChI is InChI=1S/C23H18O/c1-4-10-18(11-5-1)21-16-17-24-23(20-14-8-3-9-15-20)22(21)19-12-6-2-7-13-19/h1-17,23H. The molecule has 1 heterocycles. The van der Waals surface area contributed by atoms with E-state index in [2.05, 4.69) is 78.9 Å². The lowest BCUT2D eigenvalue weighted by atomic mass is 9.87. The molecule has 1 atom stereocenters. The third kappa shape index (κ3) is 2.77. The molecule has 116 valence electrons. The Morgan fingerprint density at radius 1 is 0.583 bits per heavy atom. The second kappa shape index (κ2) is 6.59. The van der Waals surface area contributed by atoms with Crippen molar-refractivity contribution in [3.8, 4) is 0 Å². The molecule has 3 aromatic rings. The van der Waals surface area contributed by atoms with Crippen LogP contribution in [0.1, 0.15) is 22.8 Å². The predicted octanol–water partition coefficient (Wildman–Crippen LogP) is 5.88. The second-order valence-electron chi connectivity index (χ2n) is 5.79. The minimum atomic E-state index is -0.103. The summed E-state index contributed by atoms with van der Waals surface area (Å²) < 4.78 is 6.04. The van der Waals surface area contributed by atoms with Gasteiger partial charge in [-0.05, 0) is 28.3 Å². The highest BCUT2D eigenvalue weighted by molar-refractivity contribution is 5.98. The fraction of sp³-hybridized carbons (Fsp3) is 0.0435. The molecule has 0 aliphatic carbocycles. The van der Waals surface area contributed by atoms with Gasteiger partial charge in [0.1, 0.15) is 6.10 Å². The molecule has 4 rings (SSSR count). The van der Waals surface area contributed by atoms with E-state index in [1.54, 1.807) is 0 Å². The molecule has 3 aromatic carbocycles. The lowest BCUT2D eigenvalue weighted by Gasteiger charge is -2.27. The van der Waals surface area contributed by atoms with Crippen molar-refractivity contribution >= 4 is 11.1 Å². The summed E-state index contributed by atoms with van der Waals surface area (Å²) in [7, 11) is 0. The zero-order valence-electron chi connectivity index (χ0n) is 13.3. The summed E-state index contributed by atoms with van der Waals surface area (Å²) in [5, 5.41) is 0. The molecule has 0 radical (unpaired) electrons. The van der Waals surface area contributed by atoms with Crippen molar-refractivity contribution in [2.75, 3.05) is 0 Å². The maximum atomic E-state index is 6.04. The summed E-state index contributed by atoms with van der Waals surface area (Å²) in [6.45, 7) is 0. The Morgan fingerprint density at radius 3 is 1.75 bits per heavy atom. The van der Waals surface area contributed by atoms with E-state index >= 15 is 0 Å². The Balaban J connectivity index is 1.93. The number of rotatable bonds is 3. The van der Waals surface area contributed by atoms with Crippen molar-refractivity contribution in [2.24, 2.45) is 0 Å². The topological polar surface area (TPSA) is 9.23 Å². The molecule has 1 aliphatic rings. The van der Waals surface area contributed by atoms with Crippen molar-refractivity contribution in [2.45, 2.75) is 6.10 Å². The molecule has 0 bridgehead atoms. The first-order valence-electron chi connectivity index (χ1n) is 8.15. The molecule has 0 saturated carbocycles. The quantitative estimate of drug-likeness (QED) is 0.586. The summed E-state index contributed by atoms with van der Waals surface area (Å²) >= 11 is 0. The number of hydrogen-bond donors (Lipinski definition) is 0. The molecule has 1 unspecified atom stereocenters.